The van der Waals surface area contributed by atoms with Gasteiger partial charge in [0.05, 0.1) is 0 Å². The van der Waals surface area contributed by atoms with Crippen molar-refractivity contribution < 1.29 is 0 Å². The molecule has 0 bridgehead atoms. The lowest BCUT2D eigenvalue weighted by Crippen LogP contribution is -2.31. The zero-order valence-corrected chi connectivity index (χ0v) is 24.6. The average Bonchev–Trinajstić information content (AvgIpc) is 3.01. The smallest absolute Gasteiger partial charge is 0.00239 e. The molecule has 1 aliphatic heterocycles. The second-order valence-electron chi connectivity index (χ2n) is 11.3. The number of rotatable bonds is 12. The van der Waals surface area contributed by atoms with Crippen LogP contribution in [0.4, 0.5) is 0 Å². The van der Waals surface area contributed by atoms with Crippen LogP contribution >= 0.6 is 7.55 Å². The fourth-order valence-electron chi connectivity index (χ4n) is 6.81. The van der Waals surface area contributed by atoms with Crippen LogP contribution < -0.4 is 0 Å². The normalized spacial score (nSPS) is 21.1. The summed E-state index contributed by atoms with van der Waals surface area (Å²) >= 11 is 0. The number of hydrogen-bond donors (Lipinski definition) is 0. The number of benzene rings is 4. The Hall–Kier alpha value is -2.82. The van der Waals surface area contributed by atoms with E-state index in [-0.39, 0.29) is 0 Å². The van der Waals surface area contributed by atoms with Crippen LogP contribution in [0.15, 0.2) is 121 Å². The Balaban J connectivity index is 1.63. The van der Waals surface area contributed by atoms with Gasteiger partial charge in [0.15, 0.2) is 0 Å². The minimum Gasteiger partial charge on any atom is -0.106 e. The van der Waals surface area contributed by atoms with Crippen LogP contribution in [-0.2, 0) is 6.42 Å². The molecule has 0 nitrogen and oxygen atoms in total. The monoisotopic (exact) mass is 532 g/mol. The molecule has 1 heterocycles. The van der Waals surface area contributed by atoms with Crippen LogP contribution in [0.5, 0.6) is 0 Å². The van der Waals surface area contributed by atoms with E-state index < -0.39 is 7.55 Å². The fraction of sp³-hybridized carbons (Fsp3) is 0.342. The second-order valence-corrected chi connectivity index (χ2v) is 14.1. The van der Waals surface area contributed by atoms with Crippen LogP contribution in [0.25, 0.3) is 0 Å². The predicted molar refractivity (Wildman–Crippen MR) is 174 cm³/mol. The van der Waals surface area contributed by atoms with E-state index in [1.165, 1.54) is 67.8 Å². The van der Waals surface area contributed by atoms with Crippen molar-refractivity contribution in [2.24, 2.45) is 5.92 Å². The molecule has 4 aromatic carbocycles. The molecule has 202 valence electrons. The van der Waals surface area contributed by atoms with E-state index in [4.69, 9.17) is 0 Å². The van der Waals surface area contributed by atoms with Gasteiger partial charge in [-0.2, -0.15) is 0 Å². The summed E-state index contributed by atoms with van der Waals surface area (Å²) in [5.41, 5.74) is 6.67. The van der Waals surface area contributed by atoms with Crippen molar-refractivity contribution in [2.45, 2.75) is 69.9 Å². The highest BCUT2D eigenvalue weighted by molar-refractivity contribution is 7.60. The van der Waals surface area contributed by atoms with Crippen LogP contribution in [0.2, 0.25) is 0 Å². The average molecular weight is 533 g/mol. The Morgan fingerprint density at radius 1 is 0.590 bits per heavy atom. The highest BCUT2D eigenvalue weighted by Crippen LogP contribution is 2.58. The molecule has 4 unspecified atom stereocenters. The summed E-state index contributed by atoms with van der Waals surface area (Å²) in [4.78, 5) is 0. The first-order valence-corrected chi connectivity index (χ1v) is 17.1. The summed E-state index contributed by atoms with van der Waals surface area (Å²) in [6.45, 7) is 2.31. The van der Waals surface area contributed by atoms with E-state index in [1.807, 2.05) is 0 Å². The molecule has 4 aromatic rings. The van der Waals surface area contributed by atoms with Gasteiger partial charge in [0, 0.05) is 5.66 Å². The SMILES string of the molecule is CCCCCCCC[PH]1=C(c2ccccc2)C(Cc2ccccc2)C(c2ccccc2)CC1c1ccccc1. The molecule has 1 aliphatic rings. The van der Waals surface area contributed by atoms with Gasteiger partial charge in [-0.05, 0) is 64.8 Å². The van der Waals surface area contributed by atoms with E-state index >= 15 is 0 Å². The van der Waals surface area contributed by atoms with Gasteiger partial charge in [-0.3, -0.25) is 0 Å². The van der Waals surface area contributed by atoms with Crippen molar-refractivity contribution in [3.63, 3.8) is 0 Å². The van der Waals surface area contributed by atoms with E-state index in [1.54, 1.807) is 10.9 Å². The molecule has 4 atom stereocenters. The third-order valence-electron chi connectivity index (χ3n) is 8.73. The van der Waals surface area contributed by atoms with Gasteiger partial charge in [-0.15, -0.1) is 7.55 Å². The minimum absolute atomic E-state index is 0.519. The maximum Gasteiger partial charge on any atom is 0.00239 e. The van der Waals surface area contributed by atoms with Gasteiger partial charge in [-0.25, -0.2) is 0 Å². The quantitative estimate of drug-likeness (QED) is 0.126. The molecule has 0 amide bonds. The zero-order chi connectivity index (χ0) is 26.7. The molecule has 0 N–H and O–H groups in total. The third-order valence-corrected chi connectivity index (χ3v) is 12.4. The maximum atomic E-state index is 2.42. The van der Waals surface area contributed by atoms with Gasteiger partial charge in [-0.1, -0.05) is 160 Å². The lowest BCUT2D eigenvalue weighted by Gasteiger charge is -2.42. The molecular formula is C38H45P. The minimum atomic E-state index is -0.812. The van der Waals surface area contributed by atoms with E-state index in [2.05, 4.69) is 128 Å². The van der Waals surface area contributed by atoms with E-state index in [0.29, 0.717) is 17.5 Å². The molecule has 0 saturated heterocycles. The van der Waals surface area contributed by atoms with Crippen molar-refractivity contribution in [1.29, 1.82) is 0 Å². The summed E-state index contributed by atoms with van der Waals surface area (Å²) < 4.78 is 0. The standard InChI is InChI=1S/C38H45P/c1-2-3-4-5-6-19-28-39-37(33-24-15-9-16-25-33)30-35(32-22-13-8-14-23-32)36(29-31-20-11-7-12-21-31)38(39)34-26-17-10-18-27-34/h7-18,20-27,35-37,39H,2-6,19,28-30H2,1H3. The first kappa shape index (κ1) is 27.7. The summed E-state index contributed by atoms with van der Waals surface area (Å²) in [5.74, 6) is 1.05. The first-order chi connectivity index (χ1) is 19.3. The van der Waals surface area contributed by atoms with Crippen molar-refractivity contribution >= 4 is 12.8 Å². The summed E-state index contributed by atoms with van der Waals surface area (Å²) in [6, 6.07) is 45.7. The Bertz CT molecular complexity index is 1280. The molecule has 0 spiro atoms. The lowest BCUT2D eigenvalue weighted by atomic mass is 9.75. The summed E-state index contributed by atoms with van der Waals surface area (Å²) in [5, 5.41) is 1.80. The zero-order valence-electron chi connectivity index (χ0n) is 23.6. The second kappa shape index (κ2) is 14.5. The van der Waals surface area contributed by atoms with Gasteiger partial charge in [0.2, 0.25) is 0 Å². The molecule has 0 aliphatic carbocycles. The topological polar surface area (TPSA) is 0 Å². The largest absolute Gasteiger partial charge is 0.106 e. The summed E-state index contributed by atoms with van der Waals surface area (Å²) in [6.07, 6.45) is 12.0. The van der Waals surface area contributed by atoms with Crippen molar-refractivity contribution in [3.8, 4) is 0 Å². The molecule has 1 heteroatoms. The highest BCUT2D eigenvalue weighted by atomic mass is 31.1. The fourth-order valence-corrected chi connectivity index (χ4v) is 10.9. The molecular weight excluding hydrogens is 487 g/mol. The molecule has 5 rings (SSSR count). The molecule has 0 saturated carbocycles. The Labute approximate surface area is 237 Å². The van der Waals surface area contributed by atoms with E-state index in [9.17, 15) is 0 Å². The molecule has 0 radical (unpaired) electrons. The Morgan fingerprint density at radius 3 is 1.77 bits per heavy atom. The van der Waals surface area contributed by atoms with Crippen molar-refractivity contribution in [1.82, 2.24) is 0 Å². The Kier molecular flexibility index (Phi) is 10.3. The van der Waals surface area contributed by atoms with Gasteiger partial charge < -0.3 is 0 Å². The third kappa shape index (κ3) is 7.23. The van der Waals surface area contributed by atoms with Crippen LogP contribution in [0, 0.1) is 5.92 Å². The molecule has 0 aromatic heterocycles. The first-order valence-electron chi connectivity index (χ1n) is 15.3. The van der Waals surface area contributed by atoms with Gasteiger partial charge >= 0.3 is 0 Å². The van der Waals surface area contributed by atoms with Crippen LogP contribution in [0.1, 0.15) is 85.7 Å². The predicted octanol–water partition coefficient (Wildman–Crippen LogP) is 10.6. The number of unbranched alkanes of at least 4 members (excludes halogenated alkanes) is 5. The van der Waals surface area contributed by atoms with E-state index in [0.717, 1.165) is 6.42 Å². The Morgan fingerprint density at radius 2 is 1.13 bits per heavy atom. The highest BCUT2D eigenvalue weighted by Gasteiger charge is 2.38. The lowest BCUT2D eigenvalue weighted by molar-refractivity contribution is 0.488. The van der Waals surface area contributed by atoms with Gasteiger partial charge in [0.1, 0.15) is 0 Å². The summed E-state index contributed by atoms with van der Waals surface area (Å²) in [7, 11) is -0.812. The molecule has 0 fully saturated rings. The molecule has 39 heavy (non-hydrogen) atoms. The van der Waals surface area contributed by atoms with Crippen LogP contribution in [0.3, 0.4) is 0 Å². The maximum absolute atomic E-state index is 2.42. The van der Waals surface area contributed by atoms with Gasteiger partial charge in [0.25, 0.3) is 0 Å². The van der Waals surface area contributed by atoms with Crippen molar-refractivity contribution in [3.05, 3.63) is 144 Å². The van der Waals surface area contributed by atoms with Crippen LogP contribution in [-0.4, -0.2) is 11.5 Å². The number of hydrogen-bond acceptors (Lipinski definition) is 0. The van der Waals surface area contributed by atoms with Crippen molar-refractivity contribution in [2.75, 3.05) is 6.16 Å².